The van der Waals surface area contributed by atoms with Crippen molar-refractivity contribution in [2.75, 3.05) is 29.9 Å². The summed E-state index contributed by atoms with van der Waals surface area (Å²) in [5.74, 6) is 2.13. The van der Waals surface area contributed by atoms with E-state index >= 15 is 0 Å². The molecule has 2 atom stereocenters. The van der Waals surface area contributed by atoms with Crippen molar-refractivity contribution in [2.45, 2.75) is 51.7 Å². The molecule has 3 aromatic heterocycles. The molecule has 12 heteroatoms. The van der Waals surface area contributed by atoms with Crippen LogP contribution in [0.1, 0.15) is 50.7 Å². The van der Waals surface area contributed by atoms with Crippen molar-refractivity contribution in [3.63, 3.8) is 0 Å². The number of benzene rings is 1. The van der Waals surface area contributed by atoms with Crippen LogP contribution in [0.15, 0.2) is 67.3 Å². The Morgan fingerprint density at radius 1 is 1.09 bits per heavy atom. The molecule has 1 saturated heterocycles. The molecule has 1 aliphatic carbocycles. The van der Waals surface area contributed by atoms with Crippen molar-refractivity contribution in [2.24, 2.45) is 18.9 Å². The number of β-amino-alcohol motifs (C(OH)–C–C–N with tert-alkyl or cyclic N) is 1. The molecule has 1 aromatic carbocycles. The first-order chi connectivity index (χ1) is 22.8. The summed E-state index contributed by atoms with van der Waals surface area (Å²) < 4.78 is 3.54. The van der Waals surface area contributed by atoms with Crippen LogP contribution in [0.2, 0.25) is 0 Å². The number of aliphatic hydroxyl groups is 1. The minimum absolute atomic E-state index is 0.185. The minimum atomic E-state index is -0.776. The lowest BCUT2D eigenvalue weighted by Gasteiger charge is -2.45. The third-order valence-electron chi connectivity index (χ3n) is 8.73. The molecule has 0 bridgehead atoms. The monoisotopic (exact) mass is 633 g/mol. The molecule has 47 heavy (non-hydrogen) atoms. The van der Waals surface area contributed by atoms with Crippen LogP contribution in [0.5, 0.6) is 0 Å². The van der Waals surface area contributed by atoms with E-state index in [1.807, 2.05) is 60.6 Å². The molecule has 2 unspecified atom stereocenters. The Morgan fingerprint density at radius 3 is 2.53 bits per heavy atom. The highest BCUT2D eigenvalue weighted by molar-refractivity contribution is 6.03. The van der Waals surface area contributed by atoms with Gasteiger partial charge in [0.05, 0.1) is 30.3 Å². The van der Waals surface area contributed by atoms with Crippen molar-refractivity contribution < 1.29 is 14.5 Å². The summed E-state index contributed by atoms with van der Waals surface area (Å²) >= 11 is 0. The van der Waals surface area contributed by atoms with Gasteiger partial charge in [-0.2, -0.15) is 19.9 Å². The molecule has 1 saturated carbocycles. The fourth-order valence-electron chi connectivity index (χ4n) is 6.39. The fraction of sp³-hybridized carbons (Fsp3) is 0.400. The zero-order valence-electron chi connectivity index (χ0n) is 27.1. The third-order valence-corrected chi connectivity index (χ3v) is 8.73. The summed E-state index contributed by atoms with van der Waals surface area (Å²) in [6.45, 7) is 5.86. The van der Waals surface area contributed by atoms with Gasteiger partial charge in [0.2, 0.25) is 5.95 Å². The van der Waals surface area contributed by atoms with Crippen molar-refractivity contribution in [1.82, 2.24) is 30.0 Å². The molecular weight excluding hydrogens is 592 g/mol. The first kappa shape index (κ1) is 31.8. The Balaban J connectivity index is 1.18. The molecule has 6 rings (SSSR count). The summed E-state index contributed by atoms with van der Waals surface area (Å²) in [4.78, 5) is 29.4. The molecule has 242 valence electrons. The molecule has 2 amide bonds. The molecule has 3 N–H and O–H groups in total. The number of nitrogens with one attached hydrogen (secondary N) is 2. The van der Waals surface area contributed by atoms with Gasteiger partial charge in [-0.3, -0.25) is 10.00 Å². The summed E-state index contributed by atoms with van der Waals surface area (Å²) in [5.41, 5.74) is 3.64. The van der Waals surface area contributed by atoms with E-state index in [4.69, 9.17) is 4.98 Å². The van der Waals surface area contributed by atoms with E-state index in [1.54, 1.807) is 28.6 Å². The van der Waals surface area contributed by atoms with Crippen LogP contribution < -0.4 is 15.5 Å². The zero-order valence-corrected chi connectivity index (χ0v) is 27.1. The number of hydrogen-bond acceptors (Lipinski definition) is 9. The number of amides is 2. The highest BCUT2D eigenvalue weighted by Crippen LogP contribution is 2.43. The van der Waals surface area contributed by atoms with E-state index in [-0.39, 0.29) is 11.9 Å². The first-order valence-corrected chi connectivity index (χ1v) is 16.2. The lowest BCUT2D eigenvalue weighted by molar-refractivity contribution is -0.337. The summed E-state index contributed by atoms with van der Waals surface area (Å²) in [6, 6.07) is 15.8. The van der Waals surface area contributed by atoms with Gasteiger partial charge in [-0.15, -0.1) is 4.98 Å². The maximum Gasteiger partial charge on any atom is 0.441 e. The second-order valence-electron chi connectivity index (χ2n) is 12.7. The first-order valence-electron chi connectivity index (χ1n) is 16.2. The van der Waals surface area contributed by atoms with Gasteiger partial charge in [0.15, 0.2) is 5.82 Å². The largest absolute Gasteiger partial charge is 0.441 e. The van der Waals surface area contributed by atoms with Gasteiger partial charge in [0, 0.05) is 61.9 Å². The highest BCUT2D eigenvalue weighted by atomic mass is 16.3. The number of nitrogens with zero attached hydrogens (tertiary/aromatic N) is 8. The normalized spacial score (nSPS) is 19.0. The number of hydrogen-bond donors (Lipinski definition) is 3. The number of rotatable bonds is 12. The summed E-state index contributed by atoms with van der Waals surface area (Å²) in [7, 11) is 1.88. The second kappa shape index (κ2) is 13.7. The predicted octanol–water partition coefficient (Wildman–Crippen LogP) is 4.65. The Labute approximate surface area is 274 Å². The van der Waals surface area contributed by atoms with E-state index in [2.05, 4.69) is 38.7 Å². The maximum absolute atomic E-state index is 13.8. The molecule has 2 aliphatic rings. The number of nitriles is 1. The Kier molecular flexibility index (Phi) is 9.26. The standard InChI is InChI=1S/C35H40N10O2/c1-4-9-28-29(12-8-15-37-33-39-19-26(16-36)32(42-33)44-22-35(2,47)23-44)31(28)45(34(46)40-17-24-10-6-5-7-11-24)30-14-13-25(18-38-30)27-20-41-43(3)21-27/h5-7,10-11,13-14,18-21,28-29,47H,4,8-9,12,15,17,22-23H2,1-3H3,(H-,37,39,40,42,46)/p+1/b45-31-. The van der Waals surface area contributed by atoms with E-state index in [0.717, 1.165) is 48.1 Å². The van der Waals surface area contributed by atoms with Gasteiger partial charge >= 0.3 is 6.03 Å². The van der Waals surface area contributed by atoms with Crippen LogP contribution in [0.3, 0.4) is 0 Å². The lowest BCUT2D eigenvalue weighted by atomic mass is 9.96. The smallest absolute Gasteiger partial charge is 0.386 e. The molecule has 0 radical (unpaired) electrons. The van der Waals surface area contributed by atoms with E-state index in [9.17, 15) is 15.2 Å². The van der Waals surface area contributed by atoms with Crippen molar-refractivity contribution in [3.8, 4) is 17.2 Å². The highest BCUT2D eigenvalue weighted by Gasteiger charge is 2.50. The van der Waals surface area contributed by atoms with E-state index in [0.29, 0.717) is 55.2 Å². The quantitative estimate of drug-likeness (QED) is 0.150. The number of carbonyl (C=O) groups excluding carboxylic acids is 1. The number of aromatic nitrogens is 5. The fourth-order valence-corrected chi connectivity index (χ4v) is 6.39. The molecular formula is C35H41N10O2+. The minimum Gasteiger partial charge on any atom is -0.386 e. The second-order valence-corrected chi connectivity index (χ2v) is 12.7. The van der Waals surface area contributed by atoms with Crippen molar-refractivity contribution in [3.05, 3.63) is 78.4 Å². The predicted molar refractivity (Wildman–Crippen MR) is 179 cm³/mol. The van der Waals surface area contributed by atoms with Gasteiger partial charge in [0.25, 0.3) is 5.82 Å². The number of urea groups is 1. The van der Waals surface area contributed by atoms with Gasteiger partial charge in [-0.05, 0) is 37.8 Å². The molecule has 12 nitrogen and oxygen atoms in total. The topological polar surface area (TPSA) is 148 Å². The van der Waals surface area contributed by atoms with Crippen molar-refractivity contribution in [1.29, 1.82) is 5.26 Å². The van der Waals surface area contributed by atoms with Crippen molar-refractivity contribution >= 4 is 29.3 Å². The van der Waals surface area contributed by atoms with Crippen LogP contribution in [0, 0.1) is 23.2 Å². The molecule has 4 heterocycles. The maximum atomic E-state index is 13.8. The number of carbonyl (C=O) groups is 1. The molecule has 2 fully saturated rings. The average Bonchev–Trinajstić information content (AvgIpc) is 3.53. The number of pyridine rings is 1. The van der Waals surface area contributed by atoms with Crippen LogP contribution in [0.4, 0.5) is 22.4 Å². The number of anilines is 2. The zero-order chi connectivity index (χ0) is 33.0. The summed E-state index contributed by atoms with van der Waals surface area (Å²) in [5, 5.41) is 30.4. The Bertz CT molecular complexity index is 1790. The van der Waals surface area contributed by atoms with Crippen LogP contribution in [-0.2, 0) is 13.6 Å². The van der Waals surface area contributed by atoms with Gasteiger partial charge in [0.1, 0.15) is 17.8 Å². The van der Waals surface area contributed by atoms with Gasteiger partial charge in [-0.1, -0.05) is 43.7 Å². The van der Waals surface area contributed by atoms with Gasteiger partial charge in [-0.25, -0.2) is 9.78 Å². The molecule has 1 aliphatic heterocycles. The van der Waals surface area contributed by atoms with Gasteiger partial charge < -0.3 is 15.3 Å². The average molecular weight is 634 g/mol. The van der Waals surface area contributed by atoms with Crippen LogP contribution in [0.25, 0.3) is 11.1 Å². The van der Waals surface area contributed by atoms with Crippen LogP contribution in [-0.4, -0.2) is 71.4 Å². The van der Waals surface area contributed by atoms with E-state index < -0.39 is 5.60 Å². The van der Waals surface area contributed by atoms with Crippen LogP contribution >= 0.6 is 0 Å². The number of aryl methyl sites for hydroxylation is 1. The third kappa shape index (κ3) is 7.31. The Hall–Kier alpha value is -5.15. The molecule has 0 spiro atoms. The Morgan fingerprint density at radius 2 is 1.87 bits per heavy atom. The summed E-state index contributed by atoms with van der Waals surface area (Å²) in [6.07, 6.45) is 10.8. The molecule has 4 aromatic rings. The van der Waals surface area contributed by atoms with E-state index in [1.165, 1.54) is 6.20 Å². The SMILES string of the molecule is CCCC1/C(=[N+](/C(=O)NCc2ccccc2)c2ccc(-c3cnn(C)c3)cn2)C1CCCNc1ncc(C#N)c(N2CC(C)(O)C2)n1. The lowest BCUT2D eigenvalue weighted by Crippen LogP contribution is -2.60.